The predicted octanol–water partition coefficient (Wildman–Crippen LogP) is -0.362. The van der Waals surface area contributed by atoms with E-state index in [0.29, 0.717) is 0 Å². The second kappa shape index (κ2) is 15.7. The quantitative estimate of drug-likeness (QED) is 0.239. The molecule has 2 N–H and O–H groups in total. The molecule has 0 unspecified atom stereocenters. The molecule has 0 amide bonds. The molecule has 0 saturated heterocycles. The van der Waals surface area contributed by atoms with E-state index in [9.17, 15) is 0 Å². The molecule has 0 atom stereocenters. The molecule has 8 heteroatoms. The Morgan fingerprint density at radius 1 is 1.75 bits per heavy atom. The maximum Gasteiger partial charge on any atom is 2.00 e. The molecule has 0 aliphatic heterocycles. The molecule has 46 valence electrons. The van der Waals surface area contributed by atoms with Crippen LogP contribution in [0.1, 0.15) is 2.85 Å². The number of hydrogen-bond acceptors (Lipinski definition) is 4. The summed E-state index contributed by atoms with van der Waals surface area (Å²) in [6.45, 7) is 0. The molecule has 0 radical (unpaired) electrons. The fourth-order valence-corrected chi connectivity index (χ4v) is 0. The van der Waals surface area contributed by atoms with E-state index in [0.717, 1.165) is 0 Å². The second-order valence-electron chi connectivity index (χ2n) is 0.319. The Balaban J connectivity index is -0.0000000131. The summed E-state index contributed by atoms with van der Waals surface area (Å²) in [5, 5.41) is 21.5. The molecule has 0 saturated carbocycles. The SMILES string of the molecule is O=NO.O=[N+]([O-])O.[H-].[H-].[Sr+2]. The van der Waals surface area contributed by atoms with Gasteiger partial charge in [-0.3, -0.25) is 0 Å². The molecule has 0 aromatic carbocycles. The summed E-state index contributed by atoms with van der Waals surface area (Å²) >= 11 is 0. The van der Waals surface area contributed by atoms with Crippen LogP contribution in [0.3, 0.4) is 0 Å². The standard InChI is InChI=1S/HNO3.HNO2.Sr.2H/c2-1(3)4;2-1-3;;;/h(H,2,3,4);(H,2,3);;;/q;;+2;2*-1. The van der Waals surface area contributed by atoms with Crippen molar-refractivity contribution >= 4 is 45.5 Å². The zero-order valence-electron chi connectivity index (χ0n) is 5.72. The van der Waals surface area contributed by atoms with Gasteiger partial charge in [0.15, 0.2) is 5.34 Å². The smallest absolute Gasteiger partial charge is 1.00 e. The molecule has 0 bridgehead atoms. The first-order chi connectivity index (χ1) is 3.15. The van der Waals surface area contributed by atoms with Crippen LogP contribution in [0.25, 0.3) is 0 Å². The summed E-state index contributed by atoms with van der Waals surface area (Å²) in [7, 11) is 0. The fraction of sp³-hybridized carbons (Fsp3) is 0. The first kappa shape index (κ1) is 15.7. The van der Waals surface area contributed by atoms with E-state index in [1.54, 1.807) is 0 Å². The van der Waals surface area contributed by atoms with Crippen LogP contribution >= 0.6 is 0 Å². The van der Waals surface area contributed by atoms with Crippen LogP contribution < -0.4 is 0 Å². The Labute approximate surface area is 83.6 Å². The van der Waals surface area contributed by atoms with E-state index < -0.39 is 5.09 Å². The summed E-state index contributed by atoms with van der Waals surface area (Å²) in [5.74, 6) is 0. The minimum atomic E-state index is -1.50. The molecule has 0 aromatic rings. The van der Waals surface area contributed by atoms with E-state index in [4.69, 9.17) is 25.4 Å². The van der Waals surface area contributed by atoms with Gasteiger partial charge in [-0.1, -0.05) is 0 Å². The minimum absolute atomic E-state index is 0. The molecular weight excluding hydrogens is 196 g/mol. The third-order valence-corrected chi connectivity index (χ3v) is 0. The molecule has 0 aliphatic carbocycles. The molecule has 0 aliphatic rings. The van der Waals surface area contributed by atoms with Crippen molar-refractivity contribution in [3.63, 3.8) is 0 Å². The van der Waals surface area contributed by atoms with Gasteiger partial charge in [-0.2, -0.15) is 0 Å². The Morgan fingerprint density at radius 2 is 1.75 bits per heavy atom. The van der Waals surface area contributed by atoms with Gasteiger partial charge in [0.05, 0.1) is 0 Å². The first-order valence-electron chi connectivity index (χ1n) is 0.948. The van der Waals surface area contributed by atoms with Gasteiger partial charge in [-0.15, -0.1) is 15.0 Å². The summed E-state index contributed by atoms with van der Waals surface area (Å²) < 4.78 is 0. The van der Waals surface area contributed by atoms with Gasteiger partial charge >= 0.3 is 45.5 Å². The zero-order valence-corrected chi connectivity index (χ0v) is 7.20. The maximum absolute atomic E-state index is 8.36. The third-order valence-electron chi connectivity index (χ3n) is 0. The van der Waals surface area contributed by atoms with Crippen LogP contribution in [0, 0.1) is 15.0 Å². The van der Waals surface area contributed by atoms with Gasteiger partial charge in [-0.25, -0.2) is 0 Å². The van der Waals surface area contributed by atoms with Crippen molar-refractivity contribution < 1.29 is 18.4 Å². The topological polar surface area (TPSA) is 113 Å². The zero-order chi connectivity index (χ0) is 6.28. The average Bonchev–Trinajstić information content (AvgIpc) is 1.33. The molecule has 8 heavy (non-hydrogen) atoms. The third kappa shape index (κ3) is 24200. The number of nitrogens with zero attached hydrogens (tertiary/aromatic N) is 2. The van der Waals surface area contributed by atoms with Gasteiger partial charge in [0.2, 0.25) is 0 Å². The molecule has 0 rings (SSSR count). The van der Waals surface area contributed by atoms with Gasteiger partial charge in [0, 0.05) is 0 Å². The summed E-state index contributed by atoms with van der Waals surface area (Å²) in [6.07, 6.45) is 0. The summed E-state index contributed by atoms with van der Waals surface area (Å²) in [5.41, 5.74) is 0. The average molecular weight is 200 g/mol. The summed E-state index contributed by atoms with van der Waals surface area (Å²) in [6, 6.07) is 0. The van der Waals surface area contributed by atoms with Crippen LogP contribution in [0.5, 0.6) is 0 Å². The first-order valence-corrected chi connectivity index (χ1v) is 0.948. The van der Waals surface area contributed by atoms with Crippen molar-refractivity contribution in [1.29, 1.82) is 0 Å². The minimum Gasteiger partial charge on any atom is -1.00 e. The monoisotopic (exact) mass is 200 g/mol. The van der Waals surface area contributed by atoms with Crippen molar-refractivity contribution in [1.82, 2.24) is 0 Å². The summed E-state index contributed by atoms with van der Waals surface area (Å²) in [4.78, 5) is 16.5. The van der Waals surface area contributed by atoms with E-state index in [-0.39, 0.29) is 48.3 Å². The molecule has 0 heterocycles. The number of hydrogen-bond donors (Lipinski definition) is 2. The maximum atomic E-state index is 8.36. The van der Waals surface area contributed by atoms with Crippen LogP contribution in [0.2, 0.25) is 0 Å². The van der Waals surface area contributed by atoms with Crippen LogP contribution in [-0.4, -0.2) is 61.0 Å². The van der Waals surface area contributed by atoms with E-state index in [1.807, 2.05) is 0 Å². The van der Waals surface area contributed by atoms with Crippen molar-refractivity contribution in [2.75, 3.05) is 0 Å². The fourth-order valence-electron chi connectivity index (χ4n) is 0. The van der Waals surface area contributed by atoms with Gasteiger partial charge < -0.3 is 13.3 Å². The Kier molecular flexibility index (Phi) is 30.8. The molecule has 7 nitrogen and oxygen atoms in total. The molecule has 0 fully saturated rings. The van der Waals surface area contributed by atoms with Gasteiger partial charge in [0.1, 0.15) is 0 Å². The largest absolute Gasteiger partial charge is 2.00 e. The van der Waals surface area contributed by atoms with Crippen molar-refractivity contribution in [2.45, 2.75) is 0 Å². The van der Waals surface area contributed by atoms with Gasteiger partial charge in [-0.05, 0) is 0 Å². The van der Waals surface area contributed by atoms with Crippen molar-refractivity contribution in [3.8, 4) is 0 Å². The molecular formula is H4N2O5Sr. The predicted molar refractivity (Wildman–Crippen MR) is 24.3 cm³/mol. The second-order valence-corrected chi connectivity index (χ2v) is 0.319. The van der Waals surface area contributed by atoms with Crippen molar-refractivity contribution in [2.24, 2.45) is 5.34 Å². The van der Waals surface area contributed by atoms with Crippen LogP contribution in [0.4, 0.5) is 0 Å². The van der Waals surface area contributed by atoms with Gasteiger partial charge in [0.25, 0.3) is 5.09 Å². The van der Waals surface area contributed by atoms with E-state index >= 15 is 0 Å². The normalized spacial score (nSPS) is 4.50. The van der Waals surface area contributed by atoms with Crippen LogP contribution in [0.15, 0.2) is 5.34 Å². The van der Waals surface area contributed by atoms with E-state index in [2.05, 4.69) is 0 Å². The van der Waals surface area contributed by atoms with Crippen LogP contribution in [-0.2, 0) is 0 Å². The Hall–Kier alpha value is 0.0805. The Bertz CT molecular complexity index is 64.7. The van der Waals surface area contributed by atoms with E-state index in [1.165, 1.54) is 5.34 Å². The van der Waals surface area contributed by atoms with Crippen molar-refractivity contribution in [3.05, 3.63) is 15.0 Å². The number of rotatable bonds is 0. The molecule has 0 aromatic heterocycles. The Morgan fingerprint density at radius 3 is 1.75 bits per heavy atom. The molecule has 0 spiro atoms.